The van der Waals surface area contributed by atoms with Gasteiger partial charge in [0.1, 0.15) is 29.9 Å². The normalized spacial score (nSPS) is 18.9. The number of ketones is 4. The Labute approximate surface area is 474 Å². The van der Waals surface area contributed by atoms with Gasteiger partial charge < -0.3 is 74.9 Å². The SMILES string of the molecule is C.CN[C@H](C(=O)C[C@@H](CCCCNC(=O)CCOCCOCCOCCOCCC(=O)NCCS(=O)(=O)[O-])C(C)=O)C(C)C.CN[C@H](C(=O)C[C@@H](CCCCNC(=O)[C@H]1O[C@@H](OC)[C@H](O)[C@@H](O)[C@@H]1O)C(C)=O)C(C)C.[Na+]. The van der Waals surface area contributed by atoms with Crippen molar-refractivity contribution in [1.29, 1.82) is 0 Å². The van der Waals surface area contributed by atoms with Gasteiger partial charge in [0.25, 0.3) is 5.91 Å². The molecule has 0 bridgehead atoms. The van der Waals surface area contributed by atoms with Crippen molar-refractivity contribution in [2.45, 2.75) is 156 Å². The number of aliphatic hydroxyl groups excluding tert-OH is 3. The summed E-state index contributed by atoms with van der Waals surface area (Å²) in [5.74, 6) is -2.08. The van der Waals surface area contributed by atoms with E-state index in [9.17, 15) is 61.9 Å². The number of hydrogen-bond donors (Lipinski definition) is 8. The zero-order valence-corrected chi connectivity index (χ0v) is 49.0. The molecule has 24 nitrogen and oxygen atoms in total. The van der Waals surface area contributed by atoms with E-state index in [0.717, 1.165) is 12.8 Å². The Bertz CT molecular complexity index is 1750. The first-order valence-corrected chi connectivity index (χ1v) is 27.2. The Morgan fingerprint density at radius 1 is 0.592 bits per heavy atom. The van der Waals surface area contributed by atoms with Gasteiger partial charge in [-0.3, -0.25) is 33.6 Å². The summed E-state index contributed by atoms with van der Waals surface area (Å²) in [6, 6.07) is -0.535. The van der Waals surface area contributed by atoms with Crippen molar-refractivity contribution in [3.8, 4) is 0 Å². The van der Waals surface area contributed by atoms with Crippen molar-refractivity contribution >= 4 is 51.0 Å². The predicted molar refractivity (Wildman–Crippen MR) is 277 cm³/mol. The molecule has 0 spiro atoms. The van der Waals surface area contributed by atoms with Crippen LogP contribution in [0.4, 0.5) is 0 Å². The molecule has 0 radical (unpaired) electrons. The van der Waals surface area contributed by atoms with E-state index < -0.39 is 58.4 Å². The summed E-state index contributed by atoms with van der Waals surface area (Å²) < 4.78 is 62.8. The molecule has 76 heavy (non-hydrogen) atoms. The zero-order chi connectivity index (χ0) is 56.2. The smallest absolute Gasteiger partial charge is 0.748 e. The van der Waals surface area contributed by atoms with Crippen molar-refractivity contribution < 1.29 is 120 Å². The molecule has 3 amide bonds. The van der Waals surface area contributed by atoms with E-state index in [2.05, 4.69) is 26.6 Å². The predicted octanol–water partition coefficient (Wildman–Crippen LogP) is -3.04. The minimum absolute atomic E-state index is 0. The maximum absolute atomic E-state index is 12.5. The number of unbranched alkanes of at least 4 members (excludes halogenated alkanes) is 2. The number of carbonyl (C=O) groups is 7. The van der Waals surface area contributed by atoms with Crippen LogP contribution < -0.4 is 56.1 Å². The standard InChI is InChI=1S/C28H53N3O11S.C21H38N2O8.CH4.Na/c1-22(2)28(29-4)25(33)21-24(23(3)32)7-5-6-10-30-26(34)8-12-39-14-16-41-18-19-42-17-15-40-13-9-27(35)31-11-20-43(36,37)38;1-11(2)15(22-4)14(25)10-13(12(3)24)8-6-7-9-23-20(29)19-17(27)16(26)18(28)21(30-5)31-19;;/h22,24,28-29H,5-21H2,1-4H3,(H,30,34)(H,31,35)(H,36,37,38);11,13,15-19,21-22,26-28H,6-10H2,1-5H3,(H,23,29);1H4;/q;;;+1/p-1/t24-,28+;13-,15+,16+,17+,18-,19+,21-;;/m11../s1. The number of ether oxygens (including phenoxy) is 6. The molecular weight excluding hydrogens is 1030 g/mol. The van der Waals surface area contributed by atoms with Gasteiger partial charge in [0.05, 0.1) is 80.8 Å². The molecule has 0 unspecified atom stereocenters. The summed E-state index contributed by atoms with van der Waals surface area (Å²) in [5, 5.41) is 43.4. The molecule has 8 N–H and O–H groups in total. The summed E-state index contributed by atoms with van der Waals surface area (Å²) >= 11 is 0. The summed E-state index contributed by atoms with van der Waals surface area (Å²) in [5.41, 5.74) is 0. The minimum atomic E-state index is -4.34. The monoisotopic (exact) mass is 1120 g/mol. The number of rotatable bonds is 42. The van der Waals surface area contributed by atoms with E-state index in [1.807, 2.05) is 27.7 Å². The topological polar surface area (TPSA) is 353 Å². The molecule has 0 aromatic rings. The average Bonchev–Trinajstić information content (AvgIpc) is 3.32. The van der Waals surface area contributed by atoms with Crippen LogP contribution in [0.5, 0.6) is 0 Å². The van der Waals surface area contributed by atoms with Crippen LogP contribution in [0.1, 0.15) is 113 Å². The molecule has 0 aromatic carbocycles. The van der Waals surface area contributed by atoms with Gasteiger partial charge in [-0.25, -0.2) is 8.42 Å². The molecule has 1 saturated heterocycles. The third-order valence-corrected chi connectivity index (χ3v) is 12.8. The molecular formula is C50H94N5NaO19S. The van der Waals surface area contributed by atoms with Crippen LogP contribution in [0.2, 0.25) is 0 Å². The first-order chi connectivity index (χ1) is 34.9. The Hall–Kier alpha value is -2.44. The van der Waals surface area contributed by atoms with Gasteiger partial charge >= 0.3 is 29.6 Å². The van der Waals surface area contributed by atoms with Crippen LogP contribution >= 0.6 is 0 Å². The summed E-state index contributed by atoms with van der Waals surface area (Å²) in [6.45, 7) is 13.8. The van der Waals surface area contributed by atoms with Gasteiger partial charge in [-0.15, -0.1) is 0 Å². The summed E-state index contributed by atoms with van der Waals surface area (Å²) in [7, 11) is 0.396. The Morgan fingerprint density at radius 3 is 1.33 bits per heavy atom. The molecule has 1 rings (SSSR count). The zero-order valence-electron chi connectivity index (χ0n) is 46.2. The van der Waals surface area contributed by atoms with E-state index in [4.69, 9.17) is 28.4 Å². The summed E-state index contributed by atoms with van der Waals surface area (Å²) in [6.07, 6.45) is -2.70. The molecule has 26 heteroatoms. The third kappa shape index (κ3) is 35.9. The van der Waals surface area contributed by atoms with Crippen molar-refractivity contribution in [2.75, 3.05) is 99.4 Å². The molecule has 0 aliphatic carbocycles. The molecule has 1 fully saturated rings. The van der Waals surface area contributed by atoms with E-state index >= 15 is 0 Å². The number of aliphatic hydroxyl groups is 3. The second kappa shape index (κ2) is 45.3. The van der Waals surface area contributed by atoms with Gasteiger partial charge in [-0.2, -0.15) is 0 Å². The largest absolute Gasteiger partial charge is 1.00 e. The number of hydrogen-bond acceptors (Lipinski definition) is 21. The van der Waals surface area contributed by atoms with Gasteiger partial charge in [0, 0.05) is 64.3 Å². The first-order valence-electron chi connectivity index (χ1n) is 25.6. The number of likely N-dealkylation sites (N-methyl/N-ethyl adjacent to an activating group) is 2. The Balaban J connectivity index is -0.00000143. The number of Topliss-reactive ketones (excluding diaryl/α,β-unsaturated/α-hetero) is 4. The van der Waals surface area contributed by atoms with Crippen molar-refractivity contribution in [2.24, 2.45) is 23.7 Å². The van der Waals surface area contributed by atoms with Crippen molar-refractivity contribution in [3.05, 3.63) is 0 Å². The number of methoxy groups -OCH3 is 1. The van der Waals surface area contributed by atoms with Gasteiger partial charge in [0.15, 0.2) is 24.0 Å². The average molecular weight is 1120 g/mol. The van der Waals surface area contributed by atoms with E-state index in [-0.39, 0.29) is 160 Å². The Kier molecular flexibility index (Phi) is 46.4. The van der Waals surface area contributed by atoms with Crippen LogP contribution in [-0.2, 0) is 72.1 Å². The molecule has 0 saturated carbocycles. The number of nitrogens with one attached hydrogen (secondary N) is 5. The van der Waals surface area contributed by atoms with Gasteiger partial charge in [0.2, 0.25) is 11.8 Å². The van der Waals surface area contributed by atoms with E-state index in [1.165, 1.54) is 21.0 Å². The van der Waals surface area contributed by atoms with Crippen molar-refractivity contribution in [1.82, 2.24) is 26.6 Å². The quantitative estimate of drug-likeness (QED) is 0.0171. The first kappa shape index (κ1) is 77.8. The van der Waals surface area contributed by atoms with Crippen molar-refractivity contribution in [3.63, 3.8) is 0 Å². The van der Waals surface area contributed by atoms with E-state index in [0.29, 0.717) is 65.3 Å². The molecule has 1 heterocycles. The molecule has 440 valence electrons. The second-order valence-electron chi connectivity index (χ2n) is 18.8. The van der Waals surface area contributed by atoms with E-state index in [1.54, 1.807) is 14.1 Å². The molecule has 1 aliphatic rings. The maximum Gasteiger partial charge on any atom is 1.00 e. The van der Waals surface area contributed by atoms with Crippen LogP contribution in [-0.4, -0.2) is 211 Å². The van der Waals surface area contributed by atoms with Crippen LogP contribution in [0, 0.1) is 23.7 Å². The number of carbonyl (C=O) groups excluding carboxylic acids is 7. The number of amides is 3. The minimum Gasteiger partial charge on any atom is -0.748 e. The van der Waals surface area contributed by atoms with Crippen LogP contribution in [0.15, 0.2) is 0 Å². The Morgan fingerprint density at radius 2 is 0.974 bits per heavy atom. The fraction of sp³-hybridized carbons (Fsp3) is 0.860. The van der Waals surface area contributed by atoms with Gasteiger partial charge in [-0.05, 0) is 65.5 Å². The third-order valence-electron chi connectivity index (χ3n) is 12.1. The maximum atomic E-state index is 12.5. The molecule has 1 aliphatic heterocycles. The fourth-order valence-electron chi connectivity index (χ4n) is 7.78. The molecule has 0 aromatic heterocycles. The molecule has 9 atom stereocenters. The van der Waals surface area contributed by atoms with Gasteiger partial charge in [-0.1, -0.05) is 48.0 Å². The summed E-state index contributed by atoms with van der Waals surface area (Å²) in [4.78, 5) is 84.6. The second-order valence-corrected chi connectivity index (χ2v) is 20.3. The fourth-order valence-corrected chi connectivity index (χ4v) is 8.14. The van der Waals surface area contributed by atoms with Crippen LogP contribution in [0.25, 0.3) is 0 Å². The van der Waals surface area contributed by atoms with Crippen LogP contribution in [0.3, 0.4) is 0 Å².